The van der Waals surface area contributed by atoms with Gasteiger partial charge in [0.05, 0.1) is 0 Å². The fraction of sp³-hybridized carbons (Fsp3) is 0.333. The van der Waals surface area contributed by atoms with Crippen molar-refractivity contribution in [3.63, 3.8) is 0 Å². The highest BCUT2D eigenvalue weighted by Gasteiger charge is 2.20. The molecule has 1 aromatic heterocycles. The van der Waals surface area contributed by atoms with Crippen molar-refractivity contribution in [3.05, 3.63) is 23.8 Å². The van der Waals surface area contributed by atoms with Crippen molar-refractivity contribution in [2.45, 2.75) is 26.4 Å². The Balaban J connectivity index is 2.41. The largest absolute Gasteiger partial charge is 0.442 e. The lowest BCUT2D eigenvalue weighted by molar-refractivity contribution is 0.0519. The molecule has 0 aliphatic carbocycles. The van der Waals surface area contributed by atoms with Crippen LogP contribution in [0.4, 0.5) is 4.79 Å². The molecule has 0 spiro atoms. The number of rotatable bonds is 1. The highest BCUT2D eigenvalue weighted by molar-refractivity contribution is 5.89. The standard InChI is InChI=1S/C12H13N3O3/c1-12(2,3)18-11(17)15-10-5-4-8(7-16)6-9(10)13-14-15/h4-7H,1-3H3. The molecule has 0 saturated carbocycles. The van der Waals surface area contributed by atoms with E-state index in [1.165, 1.54) is 0 Å². The number of carbonyl (C=O) groups excluding carboxylic acids is 2. The maximum Gasteiger partial charge on any atom is 0.437 e. The minimum Gasteiger partial charge on any atom is -0.442 e. The monoisotopic (exact) mass is 247 g/mol. The zero-order chi connectivity index (χ0) is 13.3. The molecule has 6 heteroatoms. The molecule has 0 aliphatic rings. The summed E-state index contributed by atoms with van der Waals surface area (Å²) in [5.41, 5.74) is 0.872. The van der Waals surface area contributed by atoms with E-state index in [-0.39, 0.29) is 0 Å². The van der Waals surface area contributed by atoms with Crippen LogP contribution in [-0.2, 0) is 4.74 Å². The van der Waals surface area contributed by atoms with Crippen molar-refractivity contribution < 1.29 is 14.3 Å². The number of aromatic nitrogens is 3. The van der Waals surface area contributed by atoms with Crippen molar-refractivity contribution >= 4 is 23.4 Å². The number of hydrogen-bond acceptors (Lipinski definition) is 5. The predicted octanol–water partition coefficient (Wildman–Crippen LogP) is 2.03. The van der Waals surface area contributed by atoms with E-state index in [2.05, 4.69) is 10.3 Å². The molecule has 1 aromatic carbocycles. The Hall–Kier alpha value is -2.24. The summed E-state index contributed by atoms with van der Waals surface area (Å²) in [6.45, 7) is 5.32. The van der Waals surface area contributed by atoms with E-state index in [4.69, 9.17) is 4.74 Å². The number of ether oxygens (including phenoxy) is 1. The topological polar surface area (TPSA) is 74.1 Å². The zero-order valence-electron chi connectivity index (χ0n) is 10.4. The van der Waals surface area contributed by atoms with Crippen LogP contribution in [0.5, 0.6) is 0 Å². The highest BCUT2D eigenvalue weighted by atomic mass is 16.6. The molecule has 0 unspecified atom stereocenters. The maximum atomic E-state index is 11.9. The van der Waals surface area contributed by atoms with Crippen LogP contribution in [0.2, 0.25) is 0 Å². The molecule has 0 bridgehead atoms. The van der Waals surface area contributed by atoms with Crippen LogP contribution in [0.15, 0.2) is 18.2 Å². The molecule has 2 aromatic rings. The summed E-state index contributed by atoms with van der Waals surface area (Å²) in [6, 6.07) is 4.78. The predicted molar refractivity (Wildman–Crippen MR) is 64.5 cm³/mol. The van der Waals surface area contributed by atoms with E-state index in [0.717, 1.165) is 4.68 Å². The summed E-state index contributed by atoms with van der Waals surface area (Å²) in [6.07, 6.45) is 0.121. The number of benzene rings is 1. The molecule has 18 heavy (non-hydrogen) atoms. The van der Waals surface area contributed by atoms with Crippen LogP contribution in [-0.4, -0.2) is 33.0 Å². The first-order valence-electron chi connectivity index (χ1n) is 5.45. The average Bonchev–Trinajstić information content (AvgIpc) is 2.69. The molecule has 0 aliphatic heterocycles. The molecule has 0 amide bonds. The third-order valence-electron chi connectivity index (χ3n) is 2.17. The molecular weight excluding hydrogens is 234 g/mol. The summed E-state index contributed by atoms with van der Waals surface area (Å²) < 4.78 is 6.28. The lowest BCUT2D eigenvalue weighted by Gasteiger charge is -2.18. The summed E-state index contributed by atoms with van der Waals surface area (Å²) in [5, 5.41) is 7.56. The Morgan fingerprint density at radius 1 is 1.39 bits per heavy atom. The van der Waals surface area contributed by atoms with E-state index >= 15 is 0 Å². The molecule has 0 radical (unpaired) electrons. The Bertz CT molecular complexity index is 611. The van der Waals surface area contributed by atoms with Crippen molar-refractivity contribution in [1.82, 2.24) is 15.0 Å². The lowest BCUT2D eigenvalue weighted by atomic mass is 10.2. The van der Waals surface area contributed by atoms with Crippen molar-refractivity contribution in [2.75, 3.05) is 0 Å². The normalized spacial score (nSPS) is 11.5. The first-order chi connectivity index (χ1) is 8.40. The van der Waals surface area contributed by atoms with Gasteiger partial charge in [0.2, 0.25) is 0 Å². The third-order valence-corrected chi connectivity index (χ3v) is 2.17. The molecule has 94 valence electrons. The number of nitrogens with zero attached hydrogens (tertiary/aromatic N) is 3. The molecule has 0 N–H and O–H groups in total. The average molecular weight is 247 g/mol. The van der Waals surface area contributed by atoms with Gasteiger partial charge in [-0.2, -0.15) is 0 Å². The van der Waals surface area contributed by atoms with Crippen molar-refractivity contribution in [3.8, 4) is 0 Å². The Labute approximate surface area is 104 Å². The lowest BCUT2D eigenvalue weighted by Crippen LogP contribution is -2.27. The van der Waals surface area contributed by atoms with Crippen LogP contribution in [0.25, 0.3) is 11.0 Å². The molecule has 1 heterocycles. The van der Waals surface area contributed by atoms with E-state index in [9.17, 15) is 9.59 Å². The van der Waals surface area contributed by atoms with E-state index in [0.29, 0.717) is 22.9 Å². The van der Waals surface area contributed by atoms with Crippen LogP contribution in [0.1, 0.15) is 31.1 Å². The Kier molecular flexibility index (Phi) is 2.86. The smallest absolute Gasteiger partial charge is 0.437 e. The molecule has 6 nitrogen and oxygen atoms in total. The number of aldehydes is 1. The molecular formula is C12H13N3O3. The molecule has 0 fully saturated rings. The van der Waals surface area contributed by atoms with Crippen LogP contribution >= 0.6 is 0 Å². The number of fused-ring (bicyclic) bond motifs is 1. The minimum absolute atomic E-state index is 0.477. The van der Waals surface area contributed by atoms with E-state index < -0.39 is 11.7 Å². The summed E-state index contributed by atoms with van der Waals surface area (Å²) in [5.74, 6) is 0. The Morgan fingerprint density at radius 3 is 2.72 bits per heavy atom. The number of hydrogen-bond donors (Lipinski definition) is 0. The summed E-state index contributed by atoms with van der Waals surface area (Å²) in [7, 11) is 0. The SMILES string of the molecule is CC(C)(C)OC(=O)n1nnc2cc(C=O)ccc21. The van der Waals surface area contributed by atoms with Crippen LogP contribution in [0, 0.1) is 0 Å². The summed E-state index contributed by atoms with van der Waals surface area (Å²) in [4.78, 5) is 22.5. The van der Waals surface area contributed by atoms with Crippen molar-refractivity contribution in [1.29, 1.82) is 0 Å². The van der Waals surface area contributed by atoms with Gasteiger partial charge in [-0.1, -0.05) is 5.21 Å². The zero-order valence-corrected chi connectivity index (χ0v) is 10.4. The second kappa shape index (κ2) is 4.21. The van der Waals surface area contributed by atoms with Gasteiger partial charge in [-0.15, -0.1) is 9.78 Å². The fourth-order valence-electron chi connectivity index (χ4n) is 1.45. The van der Waals surface area contributed by atoms with Gasteiger partial charge in [0.15, 0.2) is 0 Å². The van der Waals surface area contributed by atoms with Gasteiger partial charge in [0, 0.05) is 5.56 Å². The Morgan fingerprint density at radius 2 is 2.11 bits per heavy atom. The first kappa shape index (κ1) is 12.2. The third kappa shape index (κ3) is 2.37. The number of carbonyl (C=O) groups is 2. The maximum absolute atomic E-state index is 11.9. The quantitative estimate of drug-likeness (QED) is 0.721. The van der Waals surface area contributed by atoms with Gasteiger partial charge in [-0.25, -0.2) is 4.79 Å². The fourth-order valence-corrected chi connectivity index (χ4v) is 1.45. The van der Waals surface area contributed by atoms with Gasteiger partial charge < -0.3 is 4.74 Å². The highest BCUT2D eigenvalue weighted by Crippen LogP contribution is 2.15. The van der Waals surface area contributed by atoms with Gasteiger partial charge in [-0.05, 0) is 39.0 Å². The molecule has 0 saturated heterocycles. The van der Waals surface area contributed by atoms with Gasteiger partial charge >= 0.3 is 6.09 Å². The van der Waals surface area contributed by atoms with Crippen LogP contribution < -0.4 is 0 Å². The van der Waals surface area contributed by atoms with E-state index in [1.807, 2.05) is 0 Å². The molecule has 0 atom stereocenters. The second-order valence-corrected chi connectivity index (χ2v) is 4.85. The van der Waals surface area contributed by atoms with Gasteiger partial charge in [0.25, 0.3) is 0 Å². The first-order valence-corrected chi connectivity index (χ1v) is 5.45. The van der Waals surface area contributed by atoms with Gasteiger partial charge in [-0.3, -0.25) is 4.79 Å². The van der Waals surface area contributed by atoms with Gasteiger partial charge in [0.1, 0.15) is 22.9 Å². The van der Waals surface area contributed by atoms with Crippen molar-refractivity contribution in [2.24, 2.45) is 0 Å². The van der Waals surface area contributed by atoms with Crippen LogP contribution in [0.3, 0.4) is 0 Å². The van der Waals surface area contributed by atoms with E-state index in [1.54, 1.807) is 39.0 Å². The summed E-state index contributed by atoms with van der Waals surface area (Å²) >= 11 is 0. The molecule has 2 rings (SSSR count). The second-order valence-electron chi connectivity index (χ2n) is 4.85. The minimum atomic E-state index is -0.599.